The van der Waals surface area contributed by atoms with Crippen LogP contribution in [-0.4, -0.2) is 16.1 Å². The second-order valence-corrected chi connectivity index (χ2v) is 4.51. The number of aromatic nitrogens is 1. The molecule has 0 spiro atoms. The van der Waals surface area contributed by atoms with Crippen LogP contribution in [0.1, 0.15) is 11.3 Å². The van der Waals surface area contributed by atoms with Crippen LogP contribution in [0.5, 0.6) is 0 Å². The molecule has 0 atom stereocenters. The molecule has 3 nitrogen and oxygen atoms in total. The Kier molecular flexibility index (Phi) is 3.24. The first kappa shape index (κ1) is 11.8. The second kappa shape index (κ2) is 4.67. The smallest absolute Gasteiger partial charge is 0.328 e. The Hall–Kier alpha value is -1.68. The van der Waals surface area contributed by atoms with Gasteiger partial charge in [0.15, 0.2) is 0 Å². The number of carboxylic acids is 1. The molecule has 1 N–H and O–H groups in total. The van der Waals surface area contributed by atoms with Gasteiger partial charge in [-0.25, -0.2) is 4.79 Å². The third-order valence-electron chi connectivity index (χ3n) is 2.36. The van der Waals surface area contributed by atoms with Crippen LogP contribution in [-0.2, 0) is 4.79 Å². The van der Waals surface area contributed by atoms with Gasteiger partial charge in [0, 0.05) is 21.6 Å². The van der Waals surface area contributed by atoms with E-state index in [1.54, 1.807) is 6.08 Å². The van der Waals surface area contributed by atoms with Crippen molar-refractivity contribution < 1.29 is 9.90 Å². The summed E-state index contributed by atoms with van der Waals surface area (Å²) in [5.41, 5.74) is 2.56. The molecule has 86 valence electrons. The molecule has 0 aliphatic heterocycles. The van der Waals surface area contributed by atoms with Crippen molar-refractivity contribution in [1.29, 1.82) is 0 Å². The highest BCUT2D eigenvalue weighted by Crippen LogP contribution is 2.26. The molecule has 0 fully saturated rings. The van der Waals surface area contributed by atoms with Crippen molar-refractivity contribution in [1.82, 2.24) is 4.98 Å². The number of aliphatic carboxylic acids is 1. The maximum Gasteiger partial charge on any atom is 0.328 e. The largest absolute Gasteiger partial charge is 0.478 e. The number of rotatable bonds is 2. The monoisotopic (exact) mass is 291 g/mol. The summed E-state index contributed by atoms with van der Waals surface area (Å²) in [6.07, 6.45) is 2.72. The standard InChI is InChI=1S/C13H10BrNO2/c1-8-7-9(5-6-12(16)17)10-3-2-4-11(14)13(10)15-8/h2-7H,1H3,(H,16,17)/b6-5+. The molecule has 0 amide bonds. The Morgan fingerprint density at radius 1 is 1.47 bits per heavy atom. The van der Waals surface area contributed by atoms with Gasteiger partial charge in [-0.15, -0.1) is 0 Å². The number of nitrogens with zero attached hydrogens (tertiary/aromatic N) is 1. The van der Waals surface area contributed by atoms with Crippen molar-refractivity contribution in [3.63, 3.8) is 0 Å². The van der Waals surface area contributed by atoms with Crippen LogP contribution in [0.25, 0.3) is 17.0 Å². The SMILES string of the molecule is Cc1cc(/C=C/C(=O)O)c2cccc(Br)c2n1. The highest BCUT2D eigenvalue weighted by atomic mass is 79.9. The fourth-order valence-electron chi connectivity index (χ4n) is 1.67. The molecule has 0 bridgehead atoms. The van der Waals surface area contributed by atoms with Crippen molar-refractivity contribution in [3.05, 3.63) is 46.1 Å². The lowest BCUT2D eigenvalue weighted by Crippen LogP contribution is -1.90. The van der Waals surface area contributed by atoms with E-state index in [4.69, 9.17) is 5.11 Å². The summed E-state index contributed by atoms with van der Waals surface area (Å²) < 4.78 is 0.906. The predicted octanol–water partition coefficient (Wildman–Crippen LogP) is 3.40. The zero-order valence-corrected chi connectivity index (χ0v) is 10.7. The Bertz CT molecular complexity index is 620. The first-order valence-corrected chi connectivity index (χ1v) is 5.84. The number of carbonyl (C=O) groups is 1. The Morgan fingerprint density at radius 3 is 2.94 bits per heavy atom. The van der Waals surface area contributed by atoms with Gasteiger partial charge >= 0.3 is 5.97 Å². The van der Waals surface area contributed by atoms with E-state index in [2.05, 4.69) is 20.9 Å². The third kappa shape index (κ3) is 2.53. The summed E-state index contributed by atoms with van der Waals surface area (Å²) in [4.78, 5) is 15.0. The van der Waals surface area contributed by atoms with Gasteiger partial charge in [-0.2, -0.15) is 0 Å². The highest BCUT2D eigenvalue weighted by molar-refractivity contribution is 9.10. The molecule has 0 radical (unpaired) electrons. The molecule has 4 heteroatoms. The van der Waals surface area contributed by atoms with Gasteiger partial charge in [-0.3, -0.25) is 4.98 Å². The minimum atomic E-state index is -0.956. The van der Waals surface area contributed by atoms with Crippen LogP contribution in [0.2, 0.25) is 0 Å². The predicted molar refractivity (Wildman–Crippen MR) is 70.8 cm³/mol. The number of hydrogen-bond donors (Lipinski definition) is 1. The highest BCUT2D eigenvalue weighted by Gasteiger charge is 2.04. The molecule has 1 heterocycles. The second-order valence-electron chi connectivity index (χ2n) is 3.66. The van der Waals surface area contributed by atoms with Gasteiger partial charge in [0.25, 0.3) is 0 Å². The van der Waals surface area contributed by atoms with Crippen LogP contribution >= 0.6 is 15.9 Å². The van der Waals surface area contributed by atoms with Gasteiger partial charge in [0.1, 0.15) is 0 Å². The Balaban J connectivity index is 2.70. The van der Waals surface area contributed by atoms with Crippen molar-refractivity contribution in [2.75, 3.05) is 0 Å². The molecule has 0 aliphatic carbocycles. The number of benzene rings is 1. The number of pyridine rings is 1. The lowest BCUT2D eigenvalue weighted by atomic mass is 10.1. The number of halogens is 1. The van der Waals surface area contributed by atoms with E-state index in [1.165, 1.54) is 0 Å². The van der Waals surface area contributed by atoms with Gasteiger partial charge in [-0.05, 0) is 46.6 Å². The van der Waals surface area contributed by atoms with Gasteiger partial charge in [0.2, 0.25) is 0 Å². The first-order chi connectivity index (χ1) is 8.08. The molecule has 2 rings (SSSR count). The minimum absolute atomic E-state index is 0.845. The van der Waals surface area contributed by atoms with Crippen LogP contribution in [0.4, 0.5) is 0 Å². The van der Waals surface area contributed by atoms with E-state index in [1.807, 2.05) is 31.2 Å². The number of carboxylic acid groups (broad SMARTS) is 1. The summed E-state index contributed by atoms with van der Waals surface area (Å²) in [6, 6.07) is 7.61. The quantitative estimate of drug-likeness (QED) is 0.863. The molecule has 0 saturated heterocycles. The van der Waals surface area contributed by atoms with Crippen molar-refractivity contribution in [2.45, 2.75) is 6.92 Å². The van der Waals surface area contributed by atoms with Crippen LogP contribution in [0, 0.1) is 6.92 Å². The van der Waals surface area contributed by atoms with E-state index in [-0.39, 0.29) is 0 Å². The van der Waals surface area contributed by atoms with E-state index < -0.39 is 5.97 Å². The lowest BCUT2D eigenvalue weighted by molar-refractivity contribution is -0.131. The van der Waals surface area contributed by atoms with Crippen molar-refractivity contribution in [3.8, 4) is 0 Å². The van der Waals surface area contributed by atoms with Crippen LogP contribution in [0.3, 0.4) is 0 Å². The van der Waals surface area contributed by atoms with Crippen molar-refractivity contribution >= 4 is 38.9 Å². The van der Waals surface area contributed by atoms with Crippen molar-refractivity contribution in [2.24, 2.45) is 0 Å². The van der Waals surface area contributed by atoms with E-state index >= 15 is 0 Å². The summed E-state index contributed by atoms with van der Waals surface area (Å²) in [7, 11) is 0. The topological polar surface area (TPSA) is 50.2 Å². The normalized spacial score (nSPS) is 11.2. The molecule has 1 aromatic carbocycles. The summed E-state index contributed by atoms with van der Waals surface area (Å²) in [5, 5.41) is 9.59. The van der Waals surface area contributed by atoms with E-state index in [9.17, 15) is 4.79 Å². The minimum Gasteiger partial charge on any atom is -0.478 e. The summed E-state index contributed by atoms with van der Waals surface area (Å²) >= 11 is 3.44. The average Bonchev–Trinajstić information content (AvgIpc) is 2.27. The maximum atomic E-state index is 10.5. The molecule has 0 aliphatic rings. The molecule has 17 heavy (non-hydrogen) atoms. The Labute approximate surface area is 107 Å². The van der Waals surface area contributed by atoms with Gasteiger partial charge in [-0.1, -0.05) is 12.1 Å². The lowest BCUT2D eigenvalue weighted by Gasteiger charge is -2.05. The third-order valence-corrected chi connectivity index (χ3v) is 3.00. The van der Waals surface area contributed by atoms with Gasteiger partial charge < -0.3 is 5.11 Å². The maximum absolute atomic E-state index is 10.5. The Morgan fingerprint density at radius 2 is 2.24 bits per heavy atom. The average molecular weight is 292 g/mol. The molecule has 1 aromatic heterocycles. The molecular weight excluding hydrogens is 282 g/mol. The molecular formula is C13H10BrNO2. The van der Waals surface area contributed by atoms with E-state index in [0.29, 0.717) is 0 Å². The molecule has 2 aromatic rings. The van der Waals surface area contributed by atoms with Crippen LogP contribution in [0.15, 0.2) is 34.8 Å². The summed E-state index contributed by atoms with van der Waals surface area (Å²) in [6.45, 7) is 1.89. The zero-order valence-electron chi connectivity index (χ0n) is 9.14. The number of para-hydroxylation sites is 1. The molecule has 0 saturated carbocycles. The zero-order chi connectivity index (χ0) is 12.4. The molecule has 0 unspecified atom stereocenters. The number of aryl methyl sites for hydroxylation is 1. The van der Waals surface area contributed by atoms with Gasteiger partial charge in [0.05, 0.1) is 5.52 Å². The fraction of sp³-hybridized carbons (Fsp3) is 0.0769. The van der Waals surface area contributed by atoms with Crippen LogP contribution < -0.4 is 0 Å². The fourth-order valence-corrected chi connectivity index (χ4v) is 2.13. The number of fused-ring (bicyclic) bond motifs is 1. The number of hydrogen-bond acceptors (Lipinski definition) is 2. The van der Waals surface area contributed by atoms with E-state index in [0.717, 1.165) is 32.7 Å². The first-order valence-electron chi connectivity index (χ1n) is 5.05. The summed E-state index contributed by atoms with van der Waals surface area (Å²) in [5.74, 6) is -0.956.